The van der Waals surface area contributed by atoms with Gasteiger partial charge in [0.05, 0.1) is 16.6 Å². The molecule has 0 bridgehead atoms. The number of nitrogens with zero attached hydrogens (tertiary/aromatic N) is 2. The topological polar surface area (TPSA) is 81.4 Å². The summed E-state index contributed by atoms with van der Waals surface area (Å²) < 4.78 is 8.33. The number of hydrogen-bond donors (Lipinski definition) is 1. The molecule has 6 nitrogen and oxygen atoms in total. The van der Waals surface area contributed by atoms with E-state index in [1.807, 2.05) is 106 Å². The maximum Gasteiger partial charge on any atom is 0.309 e. The SMILES string of the molecule is CC(C)(C)CC(=O)c1c(CC(C)(C)C(=O)O)n(Cc2ccccc2)c2ccc(OCc3ccc4ccccc4n3)cc12. The number of pyridine rings is 1. The Morgan fingerprint density at radius 3 is 2.31 bits per heavy atom. The van der Waals surface area contributed by atoms with Gasteiger partial charge >= 0.3 is 5.97 Å². The number of carbonyl (C=O) groups excluding carboxylic acids is 1. The summed E-state index contributed by atoms with van der Waals surface area (Å²) in [5.74, 6) is -0.271. The molecular formula is C36H38N2O4. The van der Waals surface area contributed by atoms with Crippen molar-refractivity contribution in [2.75, 3.05) is 0 Å². The van der Waals surface area contributed by atoms with Gasteiger partial charge < -0.3 is 14.4 Å². The zero-order valence-corrected chi connectivity index (χ0v) is 25.0. The van der Waals surface area contributed by atoms with E-state index in [0.717, 1.165) is 38.8 Å². The molecule has 0 aliphatic carbocycles. The summed E-state index contributed by atoms with van der Waals surface area (Å²) >= 11 is 0. The lowest BCUT2D eigenvalue weighted by molar-refractivity contribution is -0.146. The van der Waals surface area contributed by atoms with E-state index in [2.05, 4.69) is 4.57 Å². The Hall–Kier alpha value is -4.45. The molecule has 5 rings (SSSR count). The van der Waals surface area contributed by atoms with Crippen LogP contribution in [-0.2, 0) is 24.4 Å². The molecule has 0 aliphatic rings. The molecule has 0 saturated carbocycles. The van der Waals surface area contributed by atoms with Crippen LogP contribution in [0.25, 0.3) is 21.8 Å². The number of para-hydroxylation sites is 1. The third-order valence-electron chi connectivity index (χ3n) is 7.53. The molecule has 2 heterocycles. The van der Waals surface area contributed by atoms with E-state index in [9.17, 15) is 14.7 Å². The lowest BCUT2D eigenvalue weighted by Gasteiger charge is -2.23. The first-order valence-corrected chi connectivity index (χ1v) is 14.3. The molecule has 0 atom stereocenters. The number of carboxylic acid groups (broad SMARTS) is 1. The van der Waals surface area contributed by atoms with Crippen molar-refractivity contribution in [1.29, 1.82) is 0 Å². The fraction of sp³-hybridized carbons (Fsp3) is 0.306. The van der Waals surface area contributed by atoms with Gasteiger partial charge in [0.2, 0.25) is 0 Å². The first-order valence-electron chi connectivity index (χ1n) is 14.3. The molecule has 0 radical (unpaired) electrons. The van der Waals surface area contributed by atoms with Crippen molar-refractivity contribution in [3.05, 3.63) is 107 Å². The van der Waals surface area contributed by atoms with E-state index in [4.69, 9.17) is 9.72 Å². The molecular weight excluding hydrogens is 524 g/mol. The first-order chi connectivity index (χ1) is 19.9. The van der Waals surface area contributed by atoms with Crippen LogP contribution in [0.3, 0.4) is 0 Å². The smallest absolute Gasteiger partial charge is 0.309 e. The number of benzene rings is 3. The number of fused-ring (bicyclic) bond motifs is 2. The van der Waals surface area contributed by atoms with Gasteiger partial charge in [-0.05, 0) is 55.2 Å². The van der Waals surface area contributed by atoms with E-state index in [1.165, 1.54) is 0 Å². The van der Waals surface area contributed by atoms with Crippen molar-refractivity contribution in [3.8, 4) is 5.75 Å². The predicted octanol–water partition coefficient (Wildman–Crippen LogP) is 8.09. The van der Waals surface area contributed by atoms with E-state index >= 15 is 0 Å². The zero-order valence-electron chi connectivity index (χ0n) is 25.0. The van der Waals surface area contributed by atoms with Crippen LogP contribution in [0.4, 0.5) is 0 Å². The molecule has 0 fully saturated rings. The van der Waals surface area contributed by atoms with E-state index in [0.29, 0.717) is 24.3 Å². The van der Waals surface area contributed by atoms with Crippen molar-refractivity contribution in [2.24, 2.45) is 10.8 Å². The highest BCUT2D eigenvalue weighted by Gasteiger charge is 2.34. The second kappa shape index (κ2) is 11.4. The Kier molecular flexibility index (Phi) is 7.91. The van der Waals surface area contributed by atoms with Gasteiger partial charge in [0.25, 0.3) is 0 Å². The van der Waals surface area contributed by atoms with E-state index < -0.39 is 11.4 Å². The van der Waals surface area contributed by atoms with Crippen LogP contribution in [0.5, 0.6) is 5.75 Å². The highest BCUT2D eigenvalue weighted by Crippen LogP contribution is 2.37. The summed E-state index contributed by atoms with van der Waals surface area (Å²) in [5, 5.41) is 11.9. The van der Waals surface area contributed by atoms with Crippen molar-refractivity contribution in [2.45, 2.75) is 60.6 Å². The maximum atomic E-state index is 14.0. The standard InChI is InChI=1S/C36H38N2O4/c1-35(2,3)21-32(39)33-28-19-27(42-23-26-16-15-25-13-9-10-14-29(25)37-26)17-18-30(28)38(22-24-11-7-6-8-12-24)31(33)20-36(4,5)34(40)41/h6-19H,20-23H2,1-5H3,(H,40,41). The quantitative estimate of drug-likeness (QED) is 0.174. The highest BCUT2D eigenvalue weighted by atomic mass is 16.5. The molecule has 0 saturated heterocycles. The minimum absolute atomic E-state index is 0.00356. The van der Waals surface area contributed by atoms with Crippen molar-refractivity contribution in [1.82, 2.24) is 9.55 Å². The van der Waals surface area contributed by atoms with Gasteiger partial charge in [-0.15, -0.1) is 0 Å². The van der Waals surface area contributed by atoms with Gasteiger partial charge in [0.15, 0.2) is 5.78 Å². The summed E-state index contributed by atoms with van der Waals surface area (Å²) in [7, 11) is 0. The van der Waals surface area contributed by atoms with Crippen LogP contribution >= 0.6 is 0 Å². The number of ether oxygens (including phenoxy) is 1. The second-order valence-electron chi connectivity index (χ2n) is 12.9. The van der Waals surface area contributed by atoms with Crippen molar-refractivity contribution < 1.29 is 19.4 Å². The monoisotopic (exact) mass is 562 g/mol. The fourth-order valence-electron chi connectivity index (χ4n) is 5.33. The van der Waals surface area contributed by atoms with E-state index in [-0.39, 0.29) is 24.2 Å². The predicted molar refractivity (Wildman–Crippen MR) is 167 cm³/mol. The lowest BCUT2D eigenvalue weighted by atomic mass is 9.83. The molecule has 3 aromatic carbocycles. The van der Waals surface area contributed by atoms with Crippen LogP contribution in [0.2, 0.25) is 0 Å². The number of hydrogen-bond acceptors (Lipinski definition) is 4. The minimum atomic E-state index is -1.07. The summed E-state index contributed by atoms with van der Waals surface area (Å²) in [6.07, 6.45) is 0.552. The van der Waals surface area contributed by atoms with Crippen LogP contribution in [0.1, 0.15) is 68.3 Å². The zero-order chi connectivity index (χ0) is 30.1. The molecule has 1 N–H and O–H groups in total. The fourth-order valence-corrected chi connectivity index (χ4v) is 5.33. The Labute approximate surface area is 247 Å². The van der Waals surface area contributed by atoms with Crippen LogP contribution in [0.15, 0.2) is 84.9 Å². The Morgan fingerprint density at radius 2 is 1.60 bits per heavy atom. The molecule has 216 valence electrons. The summed E-state index contributed by atoms with van der Waals surface area (Å²) in [4.78, 5) is 31.0. The van der Waals surface area contributed by atoms with Crippen LogP contribution in [0, 0.1) is 10.8 Å². The number of ketones is 1. The van der Waals surface area contributed by atoms with Gasteiger partial charge in [-0.2, -0.15) is 0 Å². The number of Topliss-reactive ketones (excluding diaryl/α,β-unsaturated/α-hetero) is 1. The number of aliphatic carboxylic acids is 1. The van der Waals surface area contributed by atoms with Gasteiger partial charge in [0.1, 0.15) is 12.4 Å². The highest BCUT2D eigenvalue weighted by molar-refractivity contribution is 6.10. The van der Waals surface area contributed by atoms with Gasteiger partial charge in [-0.3, -0.25) is 9.59 Å². The first kappa shape index (κ1) is 29.1. The lowest BCUT2D eigenvalue weighted by Crippen LogP contribution is -2.28. The van der Waals surface area contributed by atoms with Crippen molar-refractivity contribution in [3.63, 3.8) is 0 Å². The molecule has 2 aromatic heterocycles. The molecule has 0 aliphatic heterocycles. The summed E-state index contributed by atoms with van der Waals surface area (Å²) in [5.41, 5.74) is 3.69. The van der Waals surface area contributed by atoms with Gasteiger partial charge in [-0.25, -0.2) is 4.98 Å². The Bertz CT molecular complexity index is 1760. The third-order valence-corrected chi connectivity index (χ3v) is 7.53. The summed E-state index contributed by atoms with van der Waals surface area (Å²) in [6, 6.07) is 27.8. The molecule has 0 spiro atoms. The number of rotatable bonds is 10. The van der Waals surface area contributed by atoms with E-state index in [1.54, 1.807) is 13.8 Å². The molecule has 0 unspecified atom stereocenters. The Balaban J connectivity index is 1.61. The Morgan fingerprint density at radius 1 is 0.881 bits per heavy atom. The third kappa shape index (κ3) is 6.38. The summed E-state index contributed by atoms with van der Waals surface area (Å²) in [6.45, 7) is 10.4. The van der Waals surface area contributed by atoms with Crippen LogP contribution < -0.4 is 4.74 Å². The average Bonchev–Trinajstić information content (AvgIpc) is 3.22. The maximum absolute atomic E-state index is 14.0. The van der Waals surface area contributed by atoms with Crippen LogP contribution in [-0.4, -0.2) is 26.4 Å². The number of carboxylic acids is 1. The molecule has 42 heavy (non-hydrogen) atoms. The minimum Gasteiger partial charge on any atom is -0.487 e. The molecule has 6 heteroatoms. The van der Waals surface area contributed by atoms with Crippen molar-refractivity contribution >= 4 is 33.6 Å². The van der Waals surface area contributed by atoms with Gasteiger partial charge in [0, 0.05) is 46.9 Å². The molecule has 5 aromatic rings. The number of carbonyl (C=O) groups is 2. The largest absolute Gasteiger partial charge is 0.487 e. The number of aromatic nitrogens is 2. The molecule has 0 amide bonds. The average molecular weight is 563 g/mol. The normalized spacial score (nSPS) is 12.1. The second-order valence-corrected chi connectivity index (χ2v) is 12.9. The van der Waals surface area contributed by atoms with Gasteiger partial charge in [-0.1, -0.05) is 75.4 Å².